The second-order valence-electron chi connectivity index (χ2n) is 4.59. The van der Waals surface area contributed by atoms with E-state index in [0.29, 0.717) is 12.1 Å². The maximum absolute atomic E-state index is 13.0. The summed E-state index contributed by atoms with van der Waals surface area (Å²) in [6.45, 7) is 4.29. The molecule has 0 fully saturated rings. The molecular weight excluding hydrogens is 212 g/mol. The molecule has 0 aliphatic rings. The molecule has 1 aromatic carbocycles. The Hall–Kier alpha value is -1.00. The molecule has 1 unspecified atom stereocenters. The highest BCUT2D eigenvalue weighted by Gasteiger charge is 2.28. The average molecular weight is 229 g/mol. The van der Waals surface area contributed by atoms with Gasteiger partial charge in [0.2, 0.25) is 0 Å². The summed E-state index contributed by atoms with van der Waals surface area (Å²) < 4.78 is 25.7. The minimum absolute atomic E-state index is 0.388. The number of halogens is 2. The first-order valence-corrected chi connectivity index (χ1v) is 5.16. The van der Waals surface area contributed by atoms with E-state index < -0.39 is 23.2 Å². The van der Waals surface area contributed by atoms with Crippen LogP contribution in [-0.2, 0) is 0 Å². The van der Waals surface area contributed by atoms with Crippen LogP contribution in [0.15, 0.2) is 18.2 Å². The molecule has 0 heterocycles. The fraction of sp³-hybridized carbons (Fsp3) is 0.500. The van der Waals surface area contributed by atoms with E-state index in [1.165, 1.54) is 6.07 Å². The van der Waals surface area contributed by atoms with E-state index in [-0.39, 0.29) is 0 Å². The van der Waals surface area contributed by atoms with Gasteiger partial charge in [-0.25, -0.2) is 8.78 Å². The fourth-order valence-electron chi connectivity index (χ4n) is 1.69. The molecule has 0 radical (unpaired) electrons. The molecule has 0 amide bonds. The van der Waals surface area contributed by atoms with Crippen LogP contribution < -0.4 is 5.32 Å². The molecule has 1 aromatic rings. The van der Waals surface area contributed by atoms with Crippen molar-refractivity contribution in [2.24, 2.45) is 5.41 Å². The molecule has 2 N–H and O–H groups in total. The summed E-state index contributed by atoms with van der Waals surface area (Å²) >= 11 is 0. The highest BCUT2D eigenvalue weighted by atomic mass is 19.2. The van der Waals surface area contributed by atoms with Crippen LogP contribution in [0.4, 0.5) is 8.78 Å². The third-order valence-corrected chi connectivity index (χ3v) is 2.63. The normalized spacial score (nSPS) is 13.9. The first-order chi connectivity index (χ1) is 7.38. The molecule has 4 heteroatoms. The van der Waals surface area contributed by atoms with Crippen LogP contribution in [-0.4, -0.2) is 18.7 Å². The molecule has 1 rings (SSSR count). The van der Waals surface area contributed by atoms with Gasteiger partial charge in [0.25, 0.3) is 0 Å². The van der Waals surface area contributed by atoms with E-state index in [1.54, 1.807) is 7.05 Å². The number of aliphatic hydroxyl groups is 1. The highest BCUT2D eigenvalue weighted by molar-refractivity contribution is 5.21. The van der Waals surface area contributed by atoms with Gasteiger partial charge in [-0.1, -0.05) is 19.9 Å². The van der Waals surface area contributed by atoms with Gasteiger partial charge < -0.3 is 10.4 Å². The number of hydrogen-bond donors (Lipinski definition) is 2. The molecule has 0 saturated carbocycles. The van der Waals surface area contributed by atoms with Gasteiger partial charge in [0, 0.05) is 12.0 Å². The maximum Gasteiger partial charge on any atom is 0.159 e. The van der Waals surface area contributed by atoms with E-state index in [0.717, 1.165) is 12.1 Å². The number of rotatable bonds is 4. The maximum atomic E-state index is 13.0. The predicted molar refractivity (Wildman–Crippen MR) is 59.0 cm³/mol. The lowest BCUT2D eigenvalue weighted by Gasteiger charge is -2.30. The van der Waals surface area contributed by atoms with E-state index in [2.05, 4.69) is 5.32 Å². The van der Waals surface area contributed by atoms with Crippen molar-refractivity contribution in [2.45, 2.75) is 20.0 Å². The predicted octanol–water partition coefficient (Wildman–Crippen LogP) is 2.24. The van der Waals surface area contributed by atoms with Gasteiger partial charge >= 0.3 is 0 Å². The van der Waals surface area contributed by atoms with Crippen molar-refractivity contribution < 1.29 is 13.9 Å². The SMILES string of the molecule is CNCC(C)(C)C(O)c1ccc(F)c(F)c1. The number of nitrogens with one attached hydrogen (secondary N) is 1. The van der Waals surface area contributed by atoms with Crippen molar-refractivity contribution in [1.29, 1.82) is 0 Å². The Balaban J connectivity index is 2.95. The Morgan fingerprint density at radius 1 is 1.31 bits per heavy atom. The van der Waals surface area contributed by atoms with Crippen molar-refractivity contribution in [1.82, 2.24) is 5.32 Å². The summed E-state index contributed by atoms with van der Waals surface area (Å²) in [5.41, 5.74) is -0.0573. The quantitative estimate of drug-likeness (QED) is 0.830. The Bertz CT molecular complexity index is 366. The Morgan fingerprint density at radius 2 is 1.94 bits per heavy atom. The first-order valence-electron chi connectivity index (χ1n) is 5.16. The second-order valence-corrected chi connectivity index (χ2v) is 4.59. The zero-order valence-electron chi connectivity index (χ0n) is 9.72. The third kappa shape index (κ3) is 2.77. The average Bonchev–Trinajstić information content (AvgIpc) is 2.21. The minimum atomic E-state index is -0.934. The molecule has 0 aliphatic heterocycles. The third-order valence-electron chi connectivity index (χ3n) is 2.63. The van der Waals surface area contributed by atoms with E-state index >= 15 is 0 Å². The summed E-state index contributed by atoms with van der Waals surface area (Å²) in [6, 6.07) is 3.47. The molecule has 0 spiro atoms. The molecule has 0 aromatic heterocycles. The number of benzene rings is 1. The molecule has 0 bridgehead atoms. The van der Waals surface area contributed by atoms with E-state index in [1.807, 2.05) is 13.8 Å². The zero-order valence-corrected chi connectivity index (χ0v) is 9.72. The molecular formula is C12H17F2NO. The highest BCUT2D eigenvalue weighted by Crippen LogP contribution is 2.33. The van der Waals surface area contributed by atoms with Crippen molar-refractivity contribution in [2.75, 3.05) is 13.6 Å². The monoisotopic (exact) mass is 229 g/mol. The second kappa shape index (κ2) is 4.89. The van der Waals surface area contributed by atoms with Crippen LogP contribution in [0.1, 0.15) is 25.5 Å². The van der Waals surface area contributed by atoms with Crippen molar-refractivity contribution >= 4 is 0 Å². The van der Waals surface area contributed by atoms with Crippen LogP contribution in [0.25, 0.3) is 0 Å². The van der Waals surface area contributed by atoms with Crippen LogP contribution >= 0.6 is 0 Å². The van der Waals surface area contributed by atoms with Gasteiger partial charge in [-0.15, -0.1) is 0 Å². The van der Waals surface area contributed by atoms with Crippen molar-refractivity contribution in [3.05, 3.63) is 35.4 Å². The van der Waals surface area contributed by atoms with E-state index in [4.69, 9.17) is 0 Å². The molecule has 2 nitrogen and oxygen atoms in total. The van der Waals surface area contributed by atoms with Gasteiger partial charge in [0.15, 0.2) is 11.6 Å². The zero-order chi connectivity index (χ0) is 12.3. The van der Waals surface area contributed by atoms with E-state index in [9.17, 15) is 13.9 Å². The smallest absolute Gasteiger partial charge is 0.159 e. The van der Waals surface area contributed by atoms with Gasteiger partial charge in [0.05, 0.1) is 6.10 Å². The summed E-state index contributed by atoms with van der Waals surface area (Å²) in [4.78, 5) is 0. The molecule has 90 valence electrons. The van der Waals surface area contributed by atoms with Crippen molar-refractivity contribution in [3.63, 3.8) is 0 Å². The standard InChI is InChI=1S/C12H17F2NO/c1-12(2,7-15-3)11(16)8-4-5-9(13)10(14)6-8/h4-6,11,15-16H,7H2,1-3H3. The molecule has 0 aliphatic carbocycles. The number of hydrogen-bond acceptors (Lipinski definition) is 2. The van der Waals surface area contributed by atoms with Crippen LogP contribution in [0.2, 0.25) is 0 Å². The Labute approximate surface area is 94.3 Å². The fourth-order valence-corrected chi connectivity index (χ4v) is 1.69. The minimum Gasteiger partial charge on any atom is -0.388 e. The summed E-state index contributed by atoms with van der Waals surface area (Å²) in [5, 5.41) is 13.0. The first kappa shape index (κ1) is 13.1. The largest absolute Gasteiger partial charge is 0.388 e. The molecule has 1 atom stereocenters. The van der Waals surface area contributed by atoms with Gasteiger partial charge in [-0.2, -0.15) is 0 Å². The number of aliphatic hydroxyl groups excluding tert-OH is 1. The Kier molecular flexibility index (Phi) is 3.99. The summed E-state index contributed by atoms with van der Waals surface area (Å²) in [7, 11) is 1.78. The van der Waals surface area contributed by atoms with Gasteiger partial charge in [-0.3, -0.25) is 0 Å². The van der Waals surface area contributed by atoms with Crippen molar-refractivity contribution in [3.8, 4) is 0 Å². The molecule has 0 saturated heterocycles. The summed E-state index contributed by atoms with van der Waals surface area (Å²) in [5.74, 6) is -1.83. The van der Waals surface area contributed by atoms with Gasteiger partial charge in [-0.05, 0) is 24.7 Å². The lowest BCUT2D eigenvalue weighted by molar-refractivity contribution is 0.0503. The Morgan fingerprint density at radius 3 is 2.44 bits per heavy atom. The molecule has 16 heavy (non-hydrogen) atoms. The topological polar surface area (TPSA) is 32.3 Å². The van der Waals surface area contributed by atoms with Gasteiger partial charge in [0.1, 0.15) is 0 Å². The lowest BCUT2D eigenvalue weighted by atomic mass is 9.82. The van der Waals surface area contributed by atoms with Crippen LogP contribution in [0, 0.1) is 17.0 Å². The summed E-state index contributed by atoms with van der Waals surface area (Å²) in [6.07, 6.45) is -0.838. The van der Waals surface area contributed by atoms with Crippen LogP contribution in [0.5, 0.6) is 0 Å². The van der Waals surface area contributed by atoms with Crippen LogP contribution in [0.3, 0.4) is 0 Å². The lowest BCUT2D eigenvalue weighted by Crippen LogP contribution is -2.32.